The molecule has 6 nitrogen and oxygen atoms in total. The molecular formula is C19H17FN2O4S. The number of benzene rings is 2. The van der Waals surface area contributed by atoms with Gasteiger partial charge in [-0.05, 0) is 44.5 Å². The van der Waals surface area contributed by atoms with E-state index < -0.39 is 27.8 Å². The molecule has 2 aromatic rings. The molecule has 0 spiro atoms. The highest BCUT2D eigenvalue weighted by Crippen LogP contribution is 2.39. The van der Waals surface area contributed by atoms with Gasteiger partial charge in [0.15, 0.2) is 0 Å². The predicted octanol–water partition coefficient (Wildman–Crippen LogP) is 3.74. The Morgan fingerprint density at radius 1 is 1.30 bits per heavy atom. The summed E-state index contributed by atoms with van der Waals surface area (Å²) in [6.07, 6.45) is 0.488. The van der Waals surface area contributed by atoms with Crippen LogP contribution in [0.5, 0.6) is 11.5 Å². The molecule has 8 heteroatoms. The van der Waals surface area contributed by atoms with Gasteiger partial charge in [-0.15, -0.1) is 0 Å². The predicted molar refractivity (Wildman–Crippen MR) is 95.5 cm³/mol. The molecule has 1 heterocycles. The van der Waals surface area contributed by atoms with Crippen molar-refractivity contribution in [2.45, 2.75) is 38.1 Å². The molecule has 1 aliphatic rings. The average molecular weight is 388 g/mol. The smallest absolute Gasteiger partial charge is 0.269 e. The minimum atomic E-state index is -4.00. The third-order valence-electron chi connectivity index (χ3n) is 4.52. The summed E-state index contributed by atoms with van der Waals surface area (Å²) < 4.78 is 46.0. The van der Waals surface area contributed by atoms with Crippen molar-refractivity contribution in [1.82, 2.24) is 4.31 Å². The van der Waals surface area contributed by atoms with E-state index in [-0.39, 0.29) is 33.1 Å². The fourth-order valence-electron chi connectivity index (χ4n) is 3.03. The second-order valence-corrected chi connectivity index (χ2v) is 8.07. The molecule has 0 aromatic heterocycles. The second kappa shape index (κ2) is 6.67. The number of amides is 1. The van der Waals surface area contributed by atoms with Crippen LogP contribution in [0.3, 0.4) is 0 Å². The maximum Gasteiger partial charge on any atom is 0.269 e. The van der Waals surface area contributed by atoms with Crippen molar-refractivity contribution >= 4 is 15.9 Å². The number of carbonyl (C=O) groups excluding carboxylic acids is 1. The molecule has 1 aliphatic heterocycles. The molecule has 140 valence electrons. The highest BCUT2D eigenvalue weighted by atomic mass is 32.2. The molecule has 0 aliphatic carbocycles. The van der Waals surface area contributed by atoms with E-state index in [2.05, 4.69) is 0 Å². The van der Waals surface area contributed by atoms with Crippen molar-refractivity contribution in [2.75, 3.05) is 0 Å². The fourth-order valence-corrected chi connectivity index (χ4v) is 5.08. The molecule has 3 rings (SSSR count). The van der Waals surface area contributed by atoms with Crippen LogP contribution < -0.4 is 4.74 Å². The van der Waals surface area contributed by atoms with Gasteiger partial charge in [0.25, 0.3) is 15.9 Å². The van der Waals surface area contributed by atoms with Gasteiger partial charge in [0.2, 0.25) is 0 Å². The molecule has 0 bridgehead atoms. The van der Waals surface area contributed by atoms with Gasteiger partial charge in [-0.3, -0.25) is 4.79 Å². The quantitative estimate of drug-likeness (QED) is 0.796. The molecule has 2 aromatic carbocycles. The first-order chi connectivity index (χ1) is 12.7. The first kappa shape index (κ1) is 18.9. The van der Waals surface area contributed by atoms with E-state index in [1.165, 1.54) is 25.1 Å². The summed E-state index contributed by atoms with van der Waals surface area (Å²) in [6.45, 7) is 5.00. The molecule has 0 saturated heterocycles. The Labute approximate surface area is 156 Å². The lowest BCUT2D eigenvalue weighted by Gasteiger charge is -2.21. The zero-order valence-corrected chi connectivity index (χ0v) is 15.8. The summed E-state index contributed by atoms with van der Waals surface area (Å²) in [4.78, 5) is 12.5. The average Bonchev–Trinajstić information content (AvgIpc) is 2.82. The fraction of sp³-hybridized carbons (Fsp3) is 0.263. The van der Waals surface area contributed by atoms with Gasteiger partial charge in [0.1, 0.15) is 22.2 Å². The van der Waals surface area contributed by atoms with E-state index in [1.807, 2.05) is 6.07 Å². The van der Waals surface area contributed by atoms with Crippen LogP contribution in [-0.4, -0.2) is 24.7 Å². The van der Waals surface area contributed by atoms with Crippen molar-refractivity contribution in [3.8, 4) is 17.6 Å². The second-order valence-electron chi connectivity index (χ2n) is 6.32. The Bertz CT molecular complexity index is 1090. The number of sulfonamides is 1. The summed E-state index contributed by atoms with van der Waals surface area (Å²) in [5, 5.41) is 8.94. The van der Waals surface area contributed by atoms with Crippen molar-refractivity contribution < 1.29 is 22.3 Å². The molecule has 0 radical (unpaired) electrons. The molecule has 1 amide bonds. The number of nitriles is 1. The van der Waals surface area contributed by atoms with Gasteiger partial charge in [0, 0.05) is 17.7 Å². The normalized spacial score (nSPS) is 16.0. The SMILES string of the molecule is CCC(C)N1C(=O)c2ccc(Oc3cc(F)cc(C#N)c3)c(C)c2S1(=O)=O. The Morgan fingerprint density at radius 2 is 2.00 bits per heavy atom. The first-order valence-electron chi connectivity index (χ1n) is 8.31. The van der Waals surface area contributed by atoms with Crippen LogP contribution in [0.1, 0.15) is 41.8 Å². The molecular weight excluding hydrogens is 371 g/mol. The van der Waals surface area contributed by atoms with Crippen molar-refractivity contribution in [3.63, 3.8) is 0 Å². The van der Waals surface area contributed by atoms with Crippen LogP contribution in [0.4, 0.5) is 4.39 Å². The molecule has 1 atom stereocenters. The van der Waals surface area contributed by atoms with Crippen molar-refractivity contribution in [3.05, 3.63) is 52.8 Å². The van der Waals surface area contributed by atoms with E-state index in [1.54, 1.807) is 13.8 Å². The Balaban J connectivity index is 2.09. The first-order valence-corrected chi connectivity index (χ1v) is 9.75. The number of carbonyl (C=O) groups is 1. The van der Waals surface area contributed by atoms with Crippen LogP contribution in [0.15, 0.2) is 35.2 Å². The van der Waals surface area contributed by atoms with E-state index in [9.17, 15) is 17.6 Å². The topological polar surface area (TPSA) is 87.5 Å². The monoisotopic (exact) mass is 388 g/mol. The van der Waals surface area contributed by atoms with Crippen molar-refractivity contribution in [1.29, 1.82) is 5.26 Å². The van der Waals surface area contributed by atoms with Crippen LogP contribution in [0.25, 0.3) is 0 Å². The van der Waals surface area contributed by atoms with Crippen LogP contribution >= 0.6 is 0 Å². The Hall–Kier alpha value is -2.92. The number of fused-ring (bicyclic) bond motifs is 1. The van der Waals surface area contributed by atoms with Crippen molar-refractivity contribution in [2.24, 2.45) is 0 Å². The lowest BCUT2D eigenvalue weighted by atomic mass is 10.1. The maximum atomic E-state index is 13.6. The lowest BCUT2D eigenvalue weighted by molar-refractivity contribution is 0.0837. The lowest BCUT2D eigenvalue weighted by Crippen LogP contribution is -2.37. The van der Waals surface area contributed by atoms with E-state index in [4.69, 9.17) is 10.00 Å². The van der Waals surface area contributed by atoms with E-state index in [0.717, 1.165) is 16.4 Å². The van der Waals surface area contributed by atoms with E-state index >= 15 is 0 Å². The highest BCUT2D eigenvalue weighted by Gasteiger charge is 2.45. The van der Waals surface area contributed by atoms with Gasteiger partial charge < -0.3 is 4.74 Å². The number of rotatable bonds is 4. The third-order valence-corrected chi connectivity index (χ3v) is 6.61. The molecule has 0 saturated carbocycles. The third kappa shape index (κ3) is 3.04. The van der Waals surface area contributed by atoms with E-state index in [0.29, 0.717) is 6.42 Å². The summed E-state index contributed by atoms with van der Waals surface area (Å²) in [5.41, 5.74) is 0.432. The van der Waals surface area contributed by atoms with Crippen LogP contribution in [-0.2, 0) is 10.0 Å². The Kier molecular flexibility index (Phi) is 4.66. The maximum absolute atomic E-state index is 13.6. The number of nitrogens with zero attached hydrogens (tertiary/aromatic N) is 2. The summed E-state index contributed by atoms with van der Waals surface area (Å²) in [7, 11) is -4.00. The highest BCUT2D eigenvalue weighted by molar-refractivity contribution is 7.90. The number of halogens is 1. The molecule has 0 fully saturated rings. The van der Waals surface area contributed by atoms with Gasteiger partial charge in [-0.25, -0.2) is 17.1 Å². The summed E-state index contributed by atoms with van der Waals surface area (Å²) in [6, 6.07) is 7.73. The van der Waals surface area contributed by atoms with Gasteiger partial charge in [-0.2, -0.15) is 5.26 Å². The molecule has 1 unspecified atom stereocenters. The minimum Gasteiger partial charge on any atom is -0.457 e. The van der Waals surface area contributed by atoms with Gasteiger partial charge >= 0.3 is 0 Å². The van der Waals surface area contributed by atoms with Gasteiger partial charge in [0.05, 0.1) is 17.2 Å². The molecule has 0 N–H and O–H groups in total. The zero-order chi connectivity index (χ0) is 19.9. The van der Waals surface area contributed by atoms with Crippen LogP contribution in [0.2, 0.25) is 0 Å². The number of hydrogen-bond acceptors (Lipinski definition) is 5. The number of ether oxygens (including phenoxy) is 1. The Morgan fingerprint density at radius 3 is 2.63 bits per heavy atom. The largest absolute Gasteiger partial charge is 0.457 e. The molecule has 27 heavy (non-hydrogen) atoms. The number of hydrogen-bond donors (Lipinski definition) is 0. The standard InChI is InChI=1S/C19H17FN2O4S/c1-4-11(2)22-19(23)16-5-6-17(12(3)18(16)27(22,24)25)26-15-8-13(10-21)7-14(20)9-15/h5-9,11H,4H2,1-3H3. The minimum absolute atomic E-state index is 0.0649. The van der Waals surface area contributed by atoms with Gasteiger partial charge in [-0.1, -0.05) is 6.92 Å². The summed E-state index contributed by atoms with van der Waals surface area (Å²) >= 11 is 0. The zero-order valence-electron chi connectivity index (χ0n) is 15.0. The summed E-state index contributed by atoms with van der Waals surface area (Å²) in [5.74, 6) is -0.971. The van der Waals surface area contributed by atoms with Crippen LogP contribution in [0, 0.1) is 24.1 Å².